The van der Waals surface area contributed by atoms with Gasteiger partial charge in [0.25, 0.3) is 0 Å². The van der Waals surface area contributed by atoms with E-state index in [9.17, 15) is 0 Å². The zero-order valence-corrected chi connectivity index (χ0v) is 11.5. The molecule has 102 valence electrons. The number of anilines is 4. The van der Waals surface area contributed by atoms with Gasteiger partial charge < -0.3 is 16.0 Å². The first kappa shape index (κ1) is 12.3. The van der Waals surface area contributed by atoms with Crippen LogP contribution >= 0.6 is 0 Å². The molecular formula is C15H17N5. The predicted octanol–water partition coefficient (Wildman–Crippen LogP) is 2.73. The molecule has 0 unspecified atom stereocenters. The fourth-order valence-corrected chi connectivity index (χ4v) is 2.09. The van der Waals surface area contributed by atoms with Crippen LogP contribution in [0, 0.1) is 0 Å². The highest BCUT2D eigenvalue weighted by atomic mass is 15.3. The molecular weight excluding hydrogens is 250 g/mol. The molecule has 5 nitrogen and oxygen atoms in total. The van der Waals surface area contributed by atoms with Crippen LogP contribution in [0.5, 0.6) is 0 Å². The maximum atomic E-state index is 6.11. The van der Waals surface area contributed by atoms with Gasteiger partial charge in [-0.05, 0) is 36.4 Å². The Labute approximate surface area is 117 Å². The van der Waals surface area contributed by atoms with Crippen molar-refractivity contribution in [3.05, 3.63) is 48.7 Å². The normalized spacial score (nSPS) is 10.7. The van der Waals surface area contributed by atoms with Gasteiger partial charge in [-0.25, -0.2) is 4.52 Å². The Morgan fingerprint density at radius 3 is 2.50 bits per heavy atom. The molecule has 0 radical (unpaired) electrons. The Kier molecular flexibility index (Phi) is 2.95. The molecule has 0 amide bonds. The molecule has 0 spiro atoms. The van der Waals surface area contributed by atoms with Gasteiger partial charge in [0, 0.05) is 31.7 Å². The van der Waals surface area contributed by atoms with Crippen molar-refractivity contribution in [2.24, 2.45) is 0 Å². The minimum absolute atomic E-state index is 0.655. The van der Waals surface area contributed by atoms with Crippen molar-refractivity contribution in [1.29, 1.82) is 0 Å². The molecule has 3 rings (SSSR count). The molecule has 0 aliphatic carbocycles. The minimum atomic E-state index is 0.655. The van der Waals surface area contributed by atoms with Crippen LogP contribution in [0.25, 0.3) is 5.52 Å². The van der Waals surface area contributed by atoms with E-state index in [1.165, 1.54) is 0 Å². The minimum Gasteiger partial charge on any atom is -0.394 e. The average molecular weight is 267 g/mol. The number of nitrogen functional groups attached to an aromatic ring is 1. The second-order valence-electron chi connectivity index (χ2n) is 4.86. The van der Waals surface area contributed by atoms with Crippen molar-refractivity contribution < 1.29 is 0 Å². The summed E-state index contributed by atoms with van der Waals surface area (Å²) in [5.74, 6) is 0.675. The Bertz CT molecular complexity index is 728. The number of nitrogens with one attached hydrogen (secondary N) is 1. The van der Waals surface area contributed by atoms with Crippen LogP contribution < -0.4 is 16.0 Å². The van der Waals surface area contributed by atoms with Crippen LogP contribution in [0.1, 0.15) is 0 Å². The lowest BCUT2D eigenvalue weighted by Gasteiger charge is -2.12. The molecule has 0 saturated heterocycles. The first-order chi connectivity index (χ1) is 9.65. The van der Waals surface area contributed by atoms with Gasteiger partial charge in [-0.2, -0.15) is 0 Å². The Balaban J connectivity index is 1.91. The third kappa shape index (κ3) is 2.14. The lowest BCUT2D eigenvalue weighted by Crippen LogP contribution is -2.08. The van der Waals surface area contributed by atoms with Crippen molar-refractivity contribution in [2.75, 3.05) is 30.0 Å². The van der Waals surface area contributed by atoms with Crippen LogP contribution in [0.4, 0.5) is 22.9 Å². The largest absolute Gasteiger partial charge is 0.394 e. The number of hydrogen-bond acceptors (Lipinski definition) is 4. The SMILES string of the molecule is CN(C)c1ccc(Nc2nn3ccccc3c2N)cc1. The quantitative estimate of drug-likeness (QED) is 0.766. The molecule has 0 saturated carbocycles. The van der Waals surface area contributed by atoms with Gasteiger partial charge in [-0.15, -0.1) is 5.10 Å². The van der Waals surface area contributed by atoms with Gasteiger partial charge in [-0.1, -0.05) is 6.07 Å². The lowest BCUT2D eigenvalue weighted by atomic mass is 10.2. The van der Waals surface area contributed by atoms with E-state index in [0.717, 1.165) is 16.9 Å². The van der Waals surface area contributed by atoms with E-state index in [1.54, 1.807) is 4.52 Å². The third-order valence-corrected chi connectivity index (χ3v) is 3.22. The summed E-state index contributed by atoms with van der Waals surface area (Å²) < 4.78 is 1.77. The van der Waals surface area contributed by atoms with E-state index in [1.807, 2.05) is 62.8 Å². The van der Waals surface area contributed by atoms with E-state index < -0.39 is 0 Å². The molecule has 2 heterocycles. The number of fused-ring (bicyclic) bond motifs is 1. The molecule has 20 heavy (non-hydrogen) atoms. The number of benzene rings is 1. The maximum absolute atomic E-state index is 6.11. The monoisotopic (exact) mass is 267 g/mol. The molecule has 5 heteroatoms. The number of rotatable bonds is 3. The maximum Gasteiger partial charge on any atom is 0.176 e. The number of nitrogens with zero attached hydrogens (tertiary/aromatic N) is 3. The van der Waals surface area contributed by atoms with Crippen LogP contribution in [0.15, 0.2) is 48.7 Å². The van der Waals surface area contributed by atoms with Crippen LogP contribution in [0.3, 0.4) is 0 Å². The number of aromatic nitrogens is 2. The summed E-state index contributed by atoms with van der Waals surface area (Å²) in [6.07, 6.45) is 1.88. The molecule has 0 aliphatic heterocycles. The first-order valence-corrected chi connectivity index (χ1v) is 6.42. The van der Waals surface area contributed by atoms with Gasteiger partial charge >= 0.3 is 0 Å². The van der Waals surface area contributed by atoms with E-state index in [4.69, 9.17) is 5.73 Å². The molecule has 3 aromatic rings. The van der Waals surface area contributed by atoms with Crippen molar-refractivity contribution >= 4 is 28.4 Å². The molecule has 0 aliphatic rings. The highest BCUT2D eigenvalue weighted by molar-refractivity contribution is 5.83. The molecule has 1 aromatic carbocycles. The van der Waals surface area contributed by atoms with E-state index in [0.29, 0.717) is 11.5 Å². The van der Waals surface area contributed by atoms with E-state index >= 15 is 0 Å². The van der Waals surface area contributed by atoms with Crippen LogP contribution in [-0.4, -0.2) is 23.7 Å². The topological polar surface area (TPSA) is 58.6 Å². The molecule has 0 fully saturated rings. The van der Waals surface area contributed by atoms with E-state index in [2.05, 4.69) is 15.3 Å². The van der Waals surface area contributed by atoms with Gasteiger partial charge in [0.15, 0.2) is 5.82 Å². The third-order valence-electron chi connectivity index (χ3n) is 3.22. The molecule has 2 aromatic heterocycles. The summed E-state index contributed by atoms with van der Waals surface area (Å²) in [6, 6.07) is 13.9. The zero-order chi connectivity index (χ0) is 14.1. The van der Waals surface area contributed by atoms with Gasteiger partial charge in [-0.3, -0.25) is 0 Å². The van der Waals surface area contributed by atoms with Crippen molar-refractivity contribution in [2.45, 2.75) is 0 Å². The van der Waals surface area contributed by atoms with E-state index in [-0.39, 0.29) is 0 Å². The average Bonchev–Trinajstić information content (AvgIpc) is 2.77. The van der Waals surface area contributed by atoms with Crippen molar-refractivity contribution in [1.82, 2.24) is 9.61 Å². The summed E-state index contributed by atoms with van der Waals surface area (Å²) in [7, 11) is 4.03. The summed E-state index contributed by atoms with van der Waals surface area (Å²) in [4.78, 5) is 2.06. The number of pyridine rings is 1. The zero-order valence-electron chi connectivity index (χ0n) is 11.5. The van der Waals surface area contributed by atoms with Gasteiger partial charge in [0.05, 0.1) is 5.52 Å². The molecule has 0 atom stereocenters. The number of hydrogen-bond donors (Lipinski definition) is 2. The summed E-state index contributed by atoms with van der Waals surface area (Å²) in [5, 5.41) is 7.69. The highest BCUT2D eigenvalue weighted by Gasteiger charge is 2.09. The van der Waals surface area contributed by atoms with Gasteiger partial charge in [0.2, 0.25) is 0 Å². The van der Waals surface area contributed by atoms with Crippen LogP contribution in [-0.2, 0) is 0 Å². The Hall–Kier alpha value is -2.69. The standard InChI is InChI=1S/C15H17N5/c1-19(2)12-8-6-11(7-9-12)17-15-14(16)13-5-3-4-10-20(13)18-15/h3-10H,16H2,1-2H3,(H,17,18). The summed E-state index contributed by atoms with van der Waals surface area (Å²) >= 11 is 0. The fraction of sp³-hybridized carbons (Fsp3) is 0.133. The summed E-state index contributed by atoms with van der Waals surface area (Å²) in [6.45, 7) is 0. The number of nitrogens with two attached hydrogens (primary N) is 1. The lowest BCUT2D eigenvalue weighted by molar-refractivity contribution is 0.965. The highest BCUT2D eigenvalue weighted by Crippen LogP contribution is 2.26. The Morgan fingerprint density at radius 1 is 1.10 bits per heavy atom. The smallest absolute Gasteiger partial charge is 0.176 e. The Morgan fingerprint density at radius 2 is 1.85 bits per heavy atom. The predicted molar refractivity (Wildman–Crippen MR) is 83.7 cm³/mol. The summed E-state index contributed by atoms with van der Waals surface area (Å²) in [5.41, 5.74) is 9.78. The molecule has 3 N–H and O–H groups in total. The van der Waals surface area contributed by atoms with Crippen molar-refractivity contribution in [3.63, 3.8) is 0 Å². The fourth-order valence-electron chi connectivity index (χ4n) is 2.09. The van der Waals surface area contributed by atoms with Crippen LogP contribution in [0.2, 0.25) is 0 Å². The second kappa shape index (κ2) is 4.77. The molecule has 0 bridgehead atoms. The first-order valence-electron chi connectivity index (χ1n) is 6.42. The van der Waals surface area contributed by atoms with Crippen molar-refractivity contribution in [3.8, 4) is 0 Å². The van der Waals surface area contributed by atoms with Gasteiger partial charge in [0.1, 0.15) is 5.69 Å². The second-order valence-corrected chi connectivity index (χ2v) is 4.86.